The van der Waals surface area contributed by atoms with E-state index in [1.54, 1.807) is 0 Å². The minimum atomic E-state index is 0.356. The number of hydrogen-bond donors (Lipinski definition) is 0. The maximum atomic E-state index is 12.0. The molecule has 0 saturated carbocycles. The van der Waals surface area contributed by atoms with Crippen LogP contribution >= 0.6 is 11.8 Å². The van der Waals surface area contributed by atoms with Crippen molar-refractivity contribution in [2.24, 2.45) is 0 Å². The lowest BCUT2D eigenvalue weighted by atomic mass is 9.85. The van der Waals surface area contributed by atoms with Gasteiger partial charge < -0.3 is 0 Å². The Bertz CT molecular complexity index is 447. The summed E-state index contributed by atoms with van der Waals surface area (Å²) in [4.78, 5) is 13.4. The second-order valence-electron chi connectivity index (χ2n) is 4.39. The Morgan fingerprint density at radius 3 is 2.75 bits per heavy atom. The summed E-state index contributed by atoms with van der Waals surface area (Å²) in [7, 11) is 0. The number of Topliss-reactive ketones (excluding diaryl/α,β-unsaturated/α-hetero) is 1. The van der Waals surface area contributed by atoms with Gasteiger partial charge in [0.25, 0.3) is 0 Å². The van der Waals surface area contributed by atoms with E-state index in [9.17, 15) is 4.79 Å². The third-order valence-electron chi connectivity index (χ3n) is 3.38. The second kappa shape index (κ2) is 4.10. The SMILES string of the molecule is O=C1CCCC2=C1C(c1ccccc1)CS2. The summed E-state index contributed by atoms with van der Waals surface area (Å²) in [5, 5.41) is 0. The highest BCUT2D eigenvalue weighted by atomic mass is 32.2. The van der Waals surface area contributed by atoms with Crippen molar-refractivity contribution < 1.29 is 4.79 Å². The minimum Gasteiger partial charge on any atom is -0.295 e. The van der Waals surface area contributed by atoms with E-state index in [1.807, 2.05) is 17.8 Å². The molecule has 0 spiro atoms. The van der Waals surface area contributed by atoms with Gasteiger partial charge in [-0.1, -0.05) is 30.3 Å². The normalized spacial score (nSPS) is 24.8. The third kappa shape index (κ3) is 1.61. The van der Waals surface area contributed by atoms with Crippen LogP contribution in [0.25, 0.3) is 0 Å². The zero-order chi connectivity index (χ0) is 11.0. The molecule has 2 heteroatoms. The summed E-state index contributed by atoms with van der Waals surface area (Å²) in [6, 6.07) is 10.4. The van der Waals surface area contributed by atoms with Crippen LogP contribution < -0.4 is 0 Å². The van der Waals surface area contributed by atoms with E-state index >= 15 is 0 Å². The third-order valence-corrected chi connectivity index (χ3v) is 4.66. The first-order valence-electron chi connectivity index (χ1n) is 5.80. The molecule has 1 aromatic rings. The van der Waals surface area contributed by atoms with Gasteiger partial charge in [-0.2, -0.15) is 0 Å². The van der Waals surface area contributed by atoms with Gasteiger partial charge in [0.1, 0.15) is 0 Å². The molecule has 0 radical (unpaired) electrons. The van der Waals surface area contributed by atoms with E-state index in [4.69, 9.17) is 0 Å². The molecule has 0 bridgehead atoms. The number of thioether (sulfide) groups is 1. The lowest BCUT2D eigenvalue weighted by molar-refractivity contribution is -0.116. The summed E-state index contributed by atoms with van der Waals surface area (Å²) in [6.45, 7) is 0. The van der Waals surface area contributed by atoms with Gasteiger partial charge in [0.15, 0.2) is 5.78 Å². The molecule has 1 aliphatic carbocycles. The molecule has 0 saturated heterocycles. The highest BCUT2D eigenvalue weighted by Crippen LogP contribution is 2.46. The molecule has 1 aromatic carbocycles. The fraction of sp³-hybridized carbons (Fsp3) is 0.357. The molecular formula is C14H14OS. The Labute approximate surface area is 99.9 Å². The van der Waals surface area contributed by atoms with Gasteiger partial charge in [-0.15, -0.1) is 11.8 Å². The van der Waals surface area contributed by atoms with Gasteiger partial charge in [0.2, 0.25) is 0 Å². The fourth-order valence-corrected chi connectivity index (χ4v) is 4.02. The largest absolute Gasteiger partial charge is 0.295 e. The Morgan fingerprint density at radius 2 is 1.94 bits per heavy atom. The van der Waals surface area contributed by atoms with Crippen molar-refractivity contribution in [1.29, 1.82) is 0 Å². The highest BCUT2D eigenvalue weighted by Gasteiger charge is 2.33. The summed E-state index contributed by atoms with van der Waals surface area (Å²) < 4.78 is 0. The number of benzene rings is 1. The predicted octanol–water partition coefficient (Wildman–Crippen LogP) is 3.52. The molecule has 82 valence electrons. The Balaban J connectivity index is 1.99. The molecular weight excluding hydrogens is 216 g/mol. The maximum absolute atomic E-state index is 12.0. The minimum absolute atomic E-state index is 0.356. The van der Waals surface area contributed by atoms with Gasteiger partial charge in [0, 0.05) is 23.7 Å². The van der Waals surface area contributed by atoms with E-state index in [-0.39, 0.29) is 0 Å². The van der Waals surface area contributed by atoms with Crippen molar-refractivity contribution in [2.45, 2.75) is 25.2 Å². The van der Waals surface area contributed by atoms with E-state index < -0.39 is 0 Å². The van der Waals surface area contributed by atoms with Crippen molar-refractivity contribution >= 4 is 17.5 Å². The number of carbonyl (C=O) groups excluding carboxylic acids is 1. The zero-order valence-corrected chi connectivity index (χ0v) is 9.93. The van der Waals surface area contributed by atoms with Crippen LogP contribution in [0.15, 0.2) is 40.8 Å². The van der Waals surface area contributed by atoms with E-state index in [0.29, 0.717) is 11.7 Å². The van der Waals surface area contributed by atoms with Crippen molar-refractivity contribution in [3.63, 3.8) is 0 Å². The number of carbonyl (C=O) groups is 1. The molecule has 1 heterocycles. The van der Waals surface area contributed by atoms with Crippen LogP contribution in [-0.4, -0.2) is 11.5 Å². The zero-order valence-electron chi connectivity index (χ0n) is 9.11. The van der Waals surface area contributed by atoms with Gasteiger partial charge in [0.05, 0.1) is 0 Å². The van der Waals surface area contributed by atoms with E-state index in [0.717, 1.165) is 30.6 Å². The molecule has 1 nitrogen and oxygen atoms in total. The smallest absolute Gasteiger partial charge is 0.160 e. The Kier molecular flexibility index (Phi) is 2.60. The van der Waals surface area contributed by atoms with Crippen LogP contribution in [0.1, 0.15) is 30.7 Å². The van der Waals surface area contributed by atoms with Crippen molar-refractivity contribution in [2.75, 3.05) is 5.75 Å². The molecule has 0 aromatic heterocycles. The molecule has 0 fully saturated rings. The molecule has 1 aliphatic heterocycles. The first-order valence-corrected chi connectivity index (χ1v) is 6.79. The number of allylic oxidation sites excluding steroid dienone is 2. The topological polar surface area (TPSA) is 17.1 Å². The van der Waals surface area contributed by atoms with Crippen LogP contribution in [0.2, 0.25) is 0 Å². The quantitative estimate of drug-likeness (QED) is 0.734. The highest BCUT2D eigenvalue weighted by molar-refractivity contribution is 8.03. The average Bonchev–Trinajstić information content (AvgIpc) is 2.75. The van der Waals surface area contributed by atoms with Gasteiger partial charge >= 0.3 is 0 Å². The number of rotatable bonds is 1. The molecule has 1 unspecified atom stereocenters. The van der Waals surface area contributed by atoms with Crippen molar-refractivity contribution in [1.82, 2.24) is 0 Å². The van der Waals surface area contributed by atoms with Crippen molar-refractivity contribution in [3.8, 4) is 0 Å². The Hall–Kier alpha value is -1.02. The number of ketones is 1. The molecule has 16 heavy (non-hydrogen) atoms. The predicted molar refractivity (Wildman–Crippen MR) is 67.5 cm³/mol. The van der Waals surface area contributed by atoms with Crippen LogP contribution in [0.3, 0.4) is 0 Å². The van der Waals surface area contributed by atoms with Crippen LogP contribution in [0, 0.1) is 0 Å². The standard InChI is InChI=1S/C14H14OS/c15-12-7-4-8-13-14(12)11(9-16-13)10-5-2-1-3-6-10/h1-3,5-6,11H,4,7-9H2. The van der Waals surface area contributed by atoms with Crippen LogP contribution in [0.4, 0.5) is 0 Å². The van der Waals surface area contributed by atoms with Gasteiger partial charge in [-0.25, -0.2) is 0 Å². The monoisotopic (exact) mass is 230 g/mol. The van der Waals surface area contributed by atoms with Crippen LogP contribution in [-0.2, 0) is 4.79 Å². The Morgan fingerprint density at radius 1 is 1.12 bits per heavy atom. The lowest BCUT2D eigenvalue weighted by Gasteiger charge is -2.17. The lowest BCUT2D eigenvalue weighted by Crippen LogP contribution is -2.14. The van der Waals surface area contributed by atoms with Gasteiger partial charge in [-0.05, 0) is 23.3 Å². The molecule has 2 aliphatic rings. The molecule has 0 N–H and O–H groups in total. The molecule has 3 rings (SSSR count). The summed E-state index contributed by atoms with van der Waals surface area (Å²) in [6.07, 6.45) is 2.92. The van der Waals surface area contributed by atoms with Crippen LogP contribution in [0.5, 0.6) is 0 Å². The number of hydrogen-bond acceptors (Lipinski definition) is 2. The second-order valence-corrected chi connectivity index (χ2v) is 5.50. The fourth-order valence-electron chi connectivity index (χ4n) is 2.59. The average molecular weight is 230 g/mol. The maximum Gasteiger partial charge on any atom is 0.160 e. The summed E-state index contributed by atoms with van der Waals surface area (Å²) >= 11 is 1.89. The first kappa shape index (κ1) is 10.2. The first-order chi connectivity index (χ1) is 7.86. The van der Waals surface area contributed by atoms with Crippen molar-refractivity contribution in [3.05, 3.63) is 46.4 Å². The van der Waals surface area contributed by atoms with E-state index in [2.05, 4.69) is 24.3 Å². The molecule has 0 amide bonds. The summed E-state index contributed by atoms with van der Waals surface area (Å²) in [5.41, 5.74) is 2.43. The molecule has 1 atom stereocenters. The van der Waals surface area contributed by atoms with Gasteiger partial charge in [-0.3, -0.25) is 4.79 Å². The summed E-state index contributed by atoms with van der Waals surface area (Å²) in [5.74, 6) is 1.80. The van der Waals surface area contributed by atoms with E-state index in [1.165, 1.54) is 10.5 Å².